The van der Waals surface area contributed by atoms with Gasteiger partial charge in [-0.3, -0.25) is 4.98 Å². The Morgan fingerprint density at radius 1 is 0.971 bits per heavy atom. The van der Waals surface area contributed by atoms with E-state index in [9.17, 15) is 0 Å². The number of morpholine rings is 1. The average molecular weight is 490 g/mol. The third kappa shape index (κ3) is 4.53. The van der Waals surface area contributed by atoms with E-state index in [1.54, 1.807) is 0 Å². The Hall–Kier alpha value is -2.94. The van der Waals surface area contributed by atoms with E-state index in [0.717, 1.165) is 68.8 Å². The van der Waals surface area contributed by atoms with Crippen LogP contribution < -0.4 is 15.1 Å². The van der Waals surface area contributed by atoms with Crippen molar-refractivity contribution in [3.05, 3.63) is 78.4 Å². The molecule has 182 valence electrons. The van der Waals surface area contributed by atoms with Crippen LogP contribution in [0.5, 0.6) is 0 Å². The van der Waals surface area contributed by atoms with E-state index < -0.39 is 0 Å². The van der Waals surface area contributed by atoms with E-state index in [0.29, 0.717) is 0 Å². The minimum Gasteiger partial charge on any atom is -0.378 e. The maximum absolute atomic E-state index is 5.96. The quantitative estimate of drug-likeness (QED) is 0.524. The second kappa shape index (κ2) is 9.97. The van der Waals surface area contributed by atoms with Crippen molar-refractivity contribution in [2.24, 2.45) is 0 Å². The molecular weight excluding hydrogens is 458 g/mol. The van der Waals surface area contributed by atoms with E-state index in [-0.39, 0.29) is 18.2 Å². The summed E-state index contributed by atoms with van der Waals surface area (Å²) in [4.78, 5) is 9.31. The molecule has 0 aliphatic carbocycles. The maximum atomic E-state index is 5.96. The lowest BCUT2D eigenvalue weighted by Gasteiger charge is -2.31. The Morgan fingerprint density at radius 3 is 2.54 bits per heavy atom. The molecule has 1 N–H and O–H groups in total. The zero-order valence-electron chi connectivity index (χ0n) is 19.8. The summed E-state index contributed by atoms with van der Waals surface area (Å²) in [5.41, 5.74) is 4.49. The van der Waals surface area contributed by atoms with Crippen LogP contribution in [0.15, 0.2) is 67.0 Å². The molecule has 3 aromatic rings. The van der Waals surface area contributed by atoms with Gasteiger partial charge in [0.25, 0.3) is 0 Å². The Balaban J connectivity index is 1.35. The van der Waals surface area contributed by atoms with E-state index in [1.807, 2.05) is 18.3 Å². The van der Waals surface area contributed by atoms with Gasteiger partial charge in [0.2, 0.25) is 0 Å². The standard InChI is InChI=1S/C27H31N5O2S/c35-27-29-25(23-6-1-2-12-28-23)26(24-7-3-13-31(24)19-22-5-4-16-34-22)32(27)21-10-8-20(9-11-21)30-14-17-33-18-15-30/h1-3,6-13,22,25-26H,4-5,14-19H2,(H,29,35)/t22-,25-,26-/m0/s1. The summed E-state index contributed by atoms with van der Waals surface area (Å²) in [5, 5.41) is 4.30. The second-order valence-corrected chi connectivity index (χ2v) is 9.72. The molecule has 0 spiro atoms. The molecule has 7 nitrogen and oxygen atoms in total. The van der Waals surface area contributed by atoms with Crippen molar-refractivity contribution in [2.45, 2.75) is 37.6 Å². The molecule has 3 atom stereocenters. The molecule has 0 saturated carbocycles. The van der Waals surface area contributed by atoms with Crippen LogP contribution in [-0.2, 0) is 16.0 Å². The molecule has 5 heterocycles. The fourth-order valence-electron chi connectivity index (χ4n) is 5.45. The van der Waals surface area contributed by atoms with Gasteiger partial charge in [-0.15, -0.1) is 0 Å². The van der Waals surface area contributed by atoms with Gasteiger partial charge in [0.05, 0.1) is 31.1 Å². The number of anilines is 2. The Labute approximate surface area is 211 Å². The van der Waals surface area contributed by atoms with Crippen LogP contribution in [0.25, 0.3) is 0 Å². The van der Waals surface area contributed by atoms with Gasteiger partial charge in [-0.1, -0.05) is 6.07 Å². The lowest BCUT2D eigenvalue weighted by atomic mass is 10.0. The summed E-state index contributed by atoms with van der Waals surface area (Å²) >= 11 is 5.92. The highest BCUT2D eigenvalue weighted by molar-refractivity contribution is 7.80. The largest absolute Gasteiger partial charge is 0.378 e. The SMILES string of the molecule is S=C1N[C@@H](c2ccccn2)[C@H](c2cccn2C[C@@H]2CCCO2)N1c1ccc(N2CCOCC2)cc1. The van der Waals surface area contributed by atoms with Crippen molar-refractivity contribution in [3.63, 3.8) is 0 Å². The summed E-state index contributed by atoms with van der Waals surface area (Å²) in [6, 6.07) is 19.1. The molecule has 0 unspecified atom stereocenters. The van der Waals surface area contributed by atoms with Crippen molar-refractivity contribution in [2.75, 3.05) is 42.7 Å². The summed E-state index contributed by atoms with van der Waals surface area (Å²) in [7, 11) is 0. The highest BCUT2D eigenvalue weighted by Gasteiger charge is 2.42. The van der Waals surface area contributed by atoms with Gasteiger partial charge in [0.15, 0.2) is 5.11 Å². The third-order valence-electron chi connectivity index (χ3n) is 7.19. The average Bonchev–Trinajstić information content (AvgIpc) is 3.66. The van der Waals surface area contributed by atoms with E-state index in [2.05, 4.69) is 68.3 Å². The van der Waals surface area contributed by atoms with Gasteiger partial charge in [-0.2, -0.15) is 0 Å². The van der Waals surface area contributed by atoms with Crippen LogP contribution in [0.1, 0.15) is 36.3 Å². The summed E-state index contributed by atoms with van der Waals surface area (Å²) in [6.45, 7) is 5.10. The maximum Gasteiger partial charge on any atom is 0.174 e. The molecule has 0 radical (unpaired) electrons. The minimum absolute atomic E-state index is 0.0250. The van der Waals surface area contributed by atoms with Crippen LogP contribution in [0.3, 0.4) is 0 Å². The van der Waals surface area contributed by atoms with Crippen LogP contribution in [0, 0.1) is 0 Å². The normalized spacial score (nSPS) is 24.7. The van der Waals surface area contributed by atoms with Crippen molar-refractivity contribution < 1.29 is 9.47 Å². The molecule has 3 saturated heterocycles. The molecule has 2 aromatic heterocycles. The summed E-state index contributed by atoms with van der Waals surface area (Å²) in [5.74, 6) is 0. The molecule has 8 heteroatoms. The number of benzene rings is 1. The van der Waals surface area contributed by atoms with Crippen molar-refractivity contribution in [3.8, 4) is 0 Å². The van der Waals surface area contributed by atoms with E-state index >= 15 is 0 Å². The predicted octanol–water partition coefficient (Wildman–Crippen LogP) is 4.08. The lowest BCUT2D eigenvalue weighted by Crippen LogP contribution is -2.36. The Kier molecular flexibility index (Phi) is 6.41. The van der Waals surface area contributed by atoms with E-state index in [4.69, 9.17) is 26.7 Å². The lowest BCUT2D eigenvalue weighted by molar-refractivity contribution is 0.0961. The van der Waals surface area contributed by atoms with Crippen LogP contribution in [0.4, 0.5) is 11.4 Å². The number of aromatic nitrogens is 2. The molecule has 3 fully saturated rings. The number of hydrogen-bond donors (Lipinski definition) is 1. The van der Waals surface area contributed by atoms with Gasteiger partial charge in [-0.05, 0) is 73.6 Å². The van der Waals surface area contributed by atoms with Crippen molar-refractivity contribution >= 4 is 28.7 Å². The fourth-order valence-corrected chi connectivity index (χ4v) is 5.79. The van der Waals surface area contributed by atoms with Gasteiger partial charge in [0, 0.05) is 55.7 Å². The monoisotopic (exact) mass is 489 g/mol. The van der Waals surface area contributed by atoms with Crippen molar-refractivity contribution in [1.29, 1.82) is 0 Å². The first-order valence-electron chi connectivity index (χ1n) is 12.5. The zero-order chi connectivity index (χ0) is 23.6. The number of nitrogens with zero attached hydrogens (tertiary/aromatic N) is 4. The highest BCUT2D eigenvalue weighted by Crippen LogP contribution is 2.42. The molecule has 3 aliphatic rings. The van der Waals surface area contributed by atoms with Gasteiger partial charge in [0.1, 0.15) is 6.04 Å². The summed E-state index contributed by atoms with van der Waals surface area (Å²) < 4.78 is 13.8. The topological polar surface area (TPSA) is 54.8 Å². The smallest absolute Gasteiger partial charge is 0.174 e. The molecule has 6 rings (SSSR count). The molecular formula is C27H31N5O2S. The number of pyridine rings is 1. The Bertz CT molecular complexity index is 1140. The first-order chi connectivity index (χ1) is 17.3. The Morgan fingerprint density at radius 2 is 1.80 bits per heavy atom. The number of hydrogen-bond acceptors (Lipinski definition) is 5. The molecule has 0 bridgehead atoms. The molecule has 1 aromatic carbocycles. The second-order valence-electron chi connectivity index (χ2n) is 9.33. The molecule has 3 aliphatic heterocycles. The number of ether oxygens (including phenoxy) is 2. The van der Waals surface area contributed by atoms with Crippen LogP contribution in [0.2, 0.25) is 0 Å². The fraction of sp³-hybridized carbons (Fsp3) is 0.407. The van der Waals surface area contributed by atoms with Crippen molar-refractivity contribution in [1.82, 2.24) is 14.9 Å². The number of nitrogens with one attached hydrogen (secondary N) is 1. The predicted molar refractivity (Wildman–Crippen MR) is 141 cm³/mol. The van der Waals surface area contributed by atoms with Crippen LogP contribution in [-0.4, -0.2) is 53.7 Å². The molecule has 35 heavy (non-hydrogen) atoms. The number of rotatable bonds is 6. The van der Waals surface area contributed by atoms with Gasteiger partial charge < -0.3 is 29.2 Å². The molecule has 0 amide bonds. The van der Waals surface area contributed by atoms with Gasteiger partial charge >= 0.3 is 0 Å². The van der Waals surface area contributed by atoms with Gasteiger partial charge in [-0.25, -0.2) is 0 Å². The minimum atomic E-state index is -0.0548. The van der Waals surface area contributed by atoms with E-state index in [1.165, 1.54) is 11.4 Å². The first kappa shape index (κ1) is 22.5. The summed E-state index contributed by atoms with van der Waals surface area (Å²) in [6.07, 6.45) is 6.51. The first-order valence-corrected chi connectivity index (χ1v) is 12.9. The highest BCUT2D eigenvalue weighted by atomic mass is 32.1. The zero-order valence-corrected chi connectivity index (χ0v) is 20.6. The third-order valence-corrected chi connectivity index (χ3v) is 7.51. The van der Waals surface area contributed by atoms with Crippen LogP contribution >= 0.6 is 12.2 Å². The number of thiocarbonyl (C=S) groups is 1.